The van der Waals surface area contributed by atoms with E-state index < -0.39 is 0 Å². The topological polar surface area (TPSA) is 60.7 Å². The first-order valence-electron chi connectivity index (χ1n) is 6.11. The van der Waals surface area contributed by atoms with E-state index in [4.69, 9.17) is 5.26 Å². The summed E-state index contributed by atoms with van der Waals surface area (Å²) in [5, 5.41) is 15.5. The number of aromatic nitrogens is 1. The molecule has 1 aromatic rings. The minimum absolute atomic E-state index is 0.669. The molecule has 1 aliphatic heterocycles. The summed E-state index contributed by atoms with van der Waals surface area (Å²) in [6.07, 6.45) is 2.43. The van der Waals surface area contributed by atoms with Gasteiger partial charge in [0, 0.05) is 12.2 Å². The number of nitrogens with zero attached hydrogens (tertiary/aromatic N) is 2. The summed E-state index contributed by atoms with van der Waals surface area (Å²) in [6, 6.07) is 5.75. The SMILES string of the molecule is Cc1cc(C#N)cc(NCCC2CCNC2)n1. The van der Waals surface area contributed by atoms with Crippen LogP contribution in [0.2, 0.25) is 0 Å². The number of anilines is 1. The molecular formula is C13H18N4. The highest BCUT2D eigenvalue weighted by atomic mass is 15.0. The molecule has 17 heavy (non-hydrogen) atoms. The highest BCUT2D eigenvalue weighted by Crippen LogP contribution is 2.13. The van der Waals surface area contributed by atoms with Gasteiger partial charge < -0.3 is 10.6 Å². The van der Waals surface area contributed by atoms with E-state index in [2.05, 4.69) is 21.7 Å². The van der Waals surface area contributed by atoms with E-state index in [-0.39, 0.29) is 0 Å². The molecule has 1 aromatic heterocycles. The molecule has 0 aliphatic carbocycles. The first-order chi connectivity index (χ1) is 8.28. The zero-order valence-corrected chi connectivity index (χ0v) is 10.2. The fraction of sp³-hybridized carbons (Fsp3) is 0.538. The Morgan fingerprint density at radius 3 is 3.18 bits per heavy atom. The van der Waals surface area contributed by atoms with E-state index in [9.17, 15) is 0 Å². The third-order valence-electron chi connectivity index (χ3n) is 3.10. The van der Waals surface area contributed by atoms with Gasteiger partial charge in [0.15, 0.2) is 0 Å². The predicted octanol–water partition coefficient (Wildman–Crippen LogP) is 1.67. The van der Waals surface area contributed by atoms with Crippen LogP contribution in [0.15, 0.2) is 12.1 Å². The van der Waals surface area contributed by atoms with Crippen molar-refractivity contribution in [3.8, 4) is 6.07 Å². The lowest BCUT2D eigenvalue weighted by Gasteiger charge is -2.10. The van der Waals surface area contributed by atoms with E-state index in [1.165, 1.54) is 6.42 Å². The van der Waals surface area contributed by atoms with Crippen LogP contribution < -0.4 is 10.6 Å². The Morgan fingerprint density at radius 1 is 1.59 bits per heavy atom. The lowest BCUT2D eigenvalue weighted by molar-refractivity contribution is 0.549. The van der Waals surface area contributed by atoms with Gasteiger partial charge in [-0.1, -0.05) is 0 Å². The van der Waals surface area contributed by atoms with Gasteiger partial charge in [-0.2, -0.15) is 5.26 Å². The average molecular weight is 230 g/mol. The highest BCUT2D eigenvalue weighted by Gasteiger charge is 2.13. The van der Waals surface area contributed by atoms with Crippen LogP contribution in [0.5, 0.6) is 0 Å². The molecule has 0 aromatic carbocycles. The van der Waals surface area contributed by atoms with Crippen molar-refractivity contribution in [3.63, 3.8) is 0 Å². The van der Waals surface area contributed by atoms with Crippen LogP contribution in [0.1, 0.15) is 24.1 Å². The van der Waals surface area contributed by atoms with Gasteiger partial charge in [-0.05, 0) is 50.9 Å². The lowest BCUT2D eigenvalue weighted by atomic mass is 10.1. The molecule has 0 amide bonds. The molecular weight excluding hydrogens is 212 g/mol. The second-order valence-corrected chi connectivity index (χ2v) is 4.57. The summed E-state index contributed by atoms with van der Waals surface area (Å²) in [5.74, 6) is 1.59. The third-order valence-corrected chi connectivity index (χ3v) is 3.10. The number of nitrogens with one attached hydrogen (secondary N) is 2. The first-order valence-corrected chi connectivity index (χ1v) is 6.11. The fourth-order valence-electron chi connectivity index (χ4n) is 2.19. The Hall–Kier alpha value is -1.60. The highest BCUT2D eigenvalue weighted by molar-refractivity contribution is 5.44. The van der Waals surface area contributed by atoms with Crippen molar-refractivity contribution in [3.05, 3.63) is 23.4 Å². The molecule has 4 heteroatoms. The molecule has 1 saturated heterocycles. The van der Waals surface area contributed by atoms with Gasteiger partial charge in [0.25, 0.3) is 0 Å². The van der Waals surface area contributed by atoms with Gasteiger partial charge in [-0.15, -0.1) is 0 Å². The summed E-state index contributed by atoms with van der Waals surface area (Å²) < 4.78 is 0. The second-order valence-electron chi connectivity index (χ2n) is 4.57. The fourth-order valence-corrected chi connectivity index (χ4v) is 2.19. The first kappa shape index (κ1) is 11.9. The Kier molecular flexibility index (Phi) is 3.94. The maximum Gasteiger partial charge on any atom is 0.127 e. The zero-order valence-electron chi connectivity index (χ0n) is 10.2. The Bertz CT molecular complexity index is 416. The van der Waals surface area contributed by atoms with Gasteiger partial charge >= 0.3 is 0 Å². The van der Waals surface area contributed by atoms with Crippen LogP contribution in [-0.2, 0) is 0 Å². The van der Waals surface area contributed by atoms with Crippen LogP contribution in [0.25, 0.3) is 0 Å². The Labute approximate surface area is 102 Å². The quantitative estimate of drug-likeness (QED) is 0.826. The van der Waals surface area contributed by atoms with E-state index in [1.54, 1.807) is 12.1 Å². The van der Waals surface area contributed by atoms with Crippen molar-refractivity contribution in [2.45, 2.75) is 19.8 Å². The molecule has 0 bridgehead atoms. The molecule has 2 heterocycles. The zero-order chi connectivity index (χ0) is 12.1. The molecule has 1 atom stereocenters. The predicted molar refractivity (Wildman–Crippen MR) is 67.8 cm³/mol. The maximum atomic E-state index is 8.87. The van der Waals surface area contributed by atoms with Crippen LogP contribution >= 0.6 is 0 Å². The van der Waals surface area contributed by atoms with E-state index in [0.717, 1.165) is 43.5 Å². The second kappa shape index (κ2) is 5.65. The van der Waals surface area contributed by atoms with Crippen LogP contribution in [0.3, 0.4) is 0 Å². The standard InChI is InChI=1S/C13H18N4/c1-10-6-12(8-14)7-13(17-10)16-5-3-11-2-4-15-9-11/h6-7,11,15H,2-5,9H2,1H3,(H,16,17). The molecule has 0 radical (unpaired) electrons. The number of rotatable bonds is 4. The summed E-state index contributed by atoms with van der Waals surface area (Å²) in [7, 11) is 0. The van der Waals surface area contributed by atoms with Crippen LogP contribution in [0.4, 0.5) is 5.82 Å². The number of pyridine rings is 1. The minimum Gasteiger partial charge on any atom is -0.370 e. The number of aryl methyl sites for hydroxylation is 1. The minimum atomic E-state index is 0.669. The number of hydrogen-bond donors (Lipinski definition) is 2. The van der Waals surface area contributed by atoms with E-state index in [1.807, 2.05) is 6.92 Å². The molecule has 1 aliphatic rings. The van der Waals surface area contributed by atoms with Gasteiger partial charge in [0.1, 0.15) is 5.82 Å². The normalized spacial score (nSPS) is 18.9. The molecule has 0 saturated carbocycles. The largest absolute Gasteiger partial charge is 0.370 e. The van der Waals surface area contributed by atoms with Gasteiger partial charge in [0.05, 0.1) is 11.6 Å². The van der Waals surface area contributed by atoms with Crippen LogP contribution in [-0.4, -0.2) is 24.6 Å². The molecule has 2 N–H and O–H groups in total. The lowest BCUT2D eigenvalue weighted by Crippen LogP contribution is -2.13. The maximum absolute atomic E-state index is 8.87. The van der Waals surface area contributed by atoms with E-state index >= 15 is 0 Å². The van der Waals surface area contributed by atoms with Gasteiger partial charge in [-0.3, -0.25) is 0 Å². The van der Waals surface area contributed by atoms with Crippen molar-refractivity contribution >= 4 is 5.82 Å². The average Bonchev–Trinajstić information content (AvgIpc) is 2.81. The summed E-state index contributed by atoms with van der Waals surface area (Å²) >= 11 is 0. The van der Waals surface area contributed by atoms with Crippen LogP contribution in [0, 0.1) is 24.2 Å². The molecule has 1 fully saturated rings. The van der Waals surface area contributed by atoms with Crippen molar-refractivity contribution in [1.82, 2.24) is 10.3 Å². The smallest absolute Gasteiger partial charge is 0.127 e. The van der Waals surface area contributed by atoms with Crippen molar-refractivity contribution < 1.29 is 0 Å². The Morgan fingerprint density at radius 2 is 2.47 bits per heavy atom. The van der Waals surface area contributed by atoms with Gasteiger partial charge in [0.2, 0.25) is 0 Å². The monoisotopic (exact) mass is 230 g/mol. The van der Waals surface area contributed by atoms with Crippen molar-refractivity contribution in [2.24, 2.45) is 5.92 Å². The molecule has 0 spiro atoms. The van der Waals surface area contributed by atoms with Crippen molar-refractivity contribution in [1.29, 1.82) is 5.26 Å². The number of hydrogen-bond acceptors (Lipinski definition) is 4. The summed E-state index contributed by atoms with van der Waals surface area (Å²) in [6.45, 7) is 5.11. The van der Waals surface area contributed by atoms with Gasteiger partial charge in [-0.25, -0.2) is 4.98 Å². The van der Waals surface area contributed by atoms with E-state index in [0.29, 0.717) is 5.56 Å². The number of nitriles is 1. The summed E-state index contributed by atoms with van der Waals surface area (Å²) in [5.41, 5.74) is 1.55. The van der Waals surface area contributed by atoms with Crippen molar-refractivity contribution in [2.75, 3.05) is 25.0 Å². The molecule has 90 valence electrons. The molecule has 1 unspecified atom stereocenters. The third kappa shape index (κ3) is 3.43. The summed E-state index contributed by atoms with van der Waals surface area (Å²) in [4.78, 5) is 4.37. The Balaban J connectivity index is 1.85. The molecule has 2 rings (SSSR count). The molecule has 4 nitrogen and oxygen atoms in total.